The highest BCUT2D eigenvalue weighted by atomic mass is 16.5. The topological polar surface area (TPSA) is 43.4 Å². The van der Waals surface area contributed by atoms with E-state index in [0.29, 0.717) is 12.8 Å². The molecule has 2 aliphatic heterocycles. The Morgan fingerprint density at radius 1 is 0.714 bits per heavy atom. The Labute approximate surface area is 205 Å². The van der Waals surface area contributed by atoms with Crippen molar-refractivity contribution >= 4 is 11.6 Å². The van der Waals surface area contributed by atoms with Crippen molar-refractivity contribution in [2.24, 2.45) is 23.7 Å². The lowest BCUT2D eigenvalue weighted by molar-refractivity contribution is -0.149. The normalized spacial score (nSPS) is 34.7. The summed E-state index contributed by atoms with van der Waals surface area (Å²) in [6, 6.07) is 28.5. The van der Waals surface area contributed by atoms with Crippen LogP contribution in [-0.4, -0.2) is 11.6 Å². The number of rotatable bonds is 3. The lowest BCUT2D eigenvalue weighted by Gasteiger charge is -2.47. The number of ketones is 2. The molecule has 2 aliphatic carbocycles. The van der Waals surface area contributed by atoms with Crippen LogP contribution in [0, 0.1) is 23.7 Å². The van der Waals surface area contributed by atoms with Gasteiger partial charge in [-0.15, -0.1) is 0 Å². The zero-order valence-corrected chi connectivity index (χ0v) is 19.8. The first-order chi connectivity index (χ1) is 17.1. The lowest BCUT2D eigenvalue weighted by atomic mass is 9.50. The molecule has 2 bridgehead atoms. The van der Waals surface area contributed by atoms with Crippen LogP contribution in [-0.2, 0) is 25.5 Å². The molecule has 0 aromatic heterocycles. The molecule has 3 aromatic carbocycles. The van der Waals surface area contributed by atoms with Crippen LogP contribution in [0.4, 0.5) is 0 Å². The minimum Gasteiger partial charge on any atom is -0.348 e. The molecule has 3 nitrogen and oxygen atoms in total. The maximum Gasteiger partial charge on any atom is 0.144 e. The summed E-state index contributed by atoms with van der Waals surface area (Å²) in [5, 5.41) is 0. The average Bonchev–Trinajstić information content (AvgIpc) is 3.42. The maximum absolute atomic E-state index is 14.5. The fraction of sp³-hybridized carbons (Fsp3) is 0.312. The van der Waals surface area contributed by atoms with Gasteiger partial charge in [-0.1, -0.05) is 104 Å². The molecular weight excluding hydrogens is 432 g/mol. The molecule has 0 unspecified atom stereocenters. The Bertz CT molecular complexity index is 1370. The van der Waals surface area contributed by atoms with Crippen LogP contribution < -0.4 is 0 Å². The molecule has 1 saturated carbocycles. The van der Waals surface area contributed by atoms with Crippen molar-refractivity contribution < 1.29 is 14.3 Å². The highest BCUT2D eigenvalue weighted by molar-refractivity contribution is 6.03. The Balaban J connectivity index is 1.54. The Kier molecular flexibility index (Phi) is 4.41. The van der Waals surface area contributed by atoms with Crippen molar-refractivity contribution in [3.8, 4) is 0 Å². The number of hydrogen-bond donors (Lipinski definition) is 0. The van der Waals surface area contributed by atoms with Crippen molar-refractivity contribution in [3.63, 3.8) is 0 Å². The van der Waals surface area contributed by atoms with Gasteiger partial charge in [0.2, 0.25) is 0 Å². The van der Waals surface area contributed by atoms with Gasteiger partial charge < -0.3 is 4.74 Å². The van der Waals surface area contributed by atoms with E-state index in [4.69, 9.17) is 4.74 Å². The lowest BCUT2D eigenvalue weighted by Crippen LogP contribution is -2.57. The van der Waals surface area contributed by atoms with Crippen LogP contribution in [0.3, 0.4) is 0 Å². The van der Waals surface area contributed by atoms with Crippen molar-refractivity contribution in [2.75, 3.05) is 0 Å². The highest BCUT2D eigenvalue weighted by Crippen LogP contribution is 2.71. The Hall–Kier alpha value is -3.30. The van der Waals surface area contributed by atoms with Crippen LogP contribution in [0.15, 0.2) is 96.6 Å². The summed E-state index contributed by atoms with van der Waals surface area (Å²) in [7, 11) is 0. The van der Waals surface area contributed by atoms with Crippen molar-refractivity contribution in [1.82, 2.24) is 0 Å². The van der Waals surface area contributed by atoms with Crippen LogP contribution in [0.1, 0.15) is 48.4 Å². The van der Waals surface area contributed by atoms with Gasteiger partial charge in [0.05, 0.1) is 11.8 Å². The number of carbonyl (C=O) groups excluding carboxylic acids is 2. The summed E-state index contributed by atoms with van der Waals surface area (Å²) in [6.07, 6.45) is 4.49. The van der Waals surface area contributed by atoms with Crippen LogP contribution in [0.2, 0.25) is 0 Å². The SMILES string of the molecule is CCC1=CC[C@@H]2C(=O)[C@@H]3[C@@H](C(=O)[C@H]2C1)[C@@]1(c2ccccc2)O[C@@]3(c2ccccc2)c2ccccc21. The van der Waals surface area contributed by atoms with E-state index in [9.17, 15) is 9.59 Å². The molecule has 3 heteroatoms. The molecule has 35 heavy (non-hydrogen) atoms. The van der Waals surface area contributed by atoms with Crippen LogP contribution in [0.25, 0.3) is 0 Å². The van der Waals surface area contributed by atoms with Crippen LogP contribution in [0.5, 0.6) is 0 Å². The predicted octanol–water partition coefficient (Wildman–Crippen LogP) is 5.96. The second kappa shape index (κ2) is 7.35. The number of hydrogen-bond acceptors (Lipinski definition) is 3. The molecular formula is C32H28O3. The van der Waals surface area contributed by atoms with E-state index in [0.717, 1.165) is 28.7 Å². The summed E-state index contributed by atoms with van der Waals surface area (Å²) < 4.78 is 7.28. The van der Waals surface area contributed by atoms with E-state index < -0.39 is 23.0 Å². The van der Waals surface area contributed by atoms with Gasteiger partial charge in [0.1, 0.15) is 22.8 Å². The molecule has 0 radical (unpaired) electrons. The van der Waals surface area contributed by atoms with Gasteiger partial charge in [-0.2, -0.15) is 0 Å². The van der Waals surface area contributed by atoms with Gasteiger partial charge in [0.25, 0.3) is 0 Å². The van der Waals surface area contributed by atoms with Gasteiger partial charge in [-0.05, 0) is 41.5 Å². The highest BCUT2D eigenvalue weighted by Gasteiger charge is 2.77. The molecule has 1 saturated heterocycles. The van der Waals surface area contributed by atoms with Crippen molar-refractivity contribution in [1.29, 1.82) is 0 Å². The molecule has 6 atom stereocenters. The summed E-state index contributed by atoms with van der Waals surface area (Å²) in [5.74, 6) is -1.19. The minimum atomic E-state index is -0.969. The summed E-state index contributed by atoms with van der Waals surface area (Å²) in [5.41, 5.74) is 3.32. The summed E-state index contributed by atoms with van der Waals surface area (Å²) in [6.45, 7) is 2.14. The van der Waals surface area contributed by atoms with E-state index in [-0.39, 0.29) is 23.4 Å². The quantitative estimate of drug-likeness (QED) is 0.453. The van der Waals surface area contributed by atoms with Gasteiger partial charge in [-0.3, -0.25) is 9.59 Å². The molecule has 3 aromatic rings. The fourth-order valence-electron chi connectivity index (χ4n) is 7.64. The third kappa shape index (κ3) is 2.49. The van der Waals surface area contributed by atoms with Crippen molar-refractivity contribution in [3.05, 3.63) is 119 Å². The molecule has 7 rings (SSSR count). The smallest absolute Gasteiger partial charge is 0.144 e. The van der Waals surface area contributed by atoms with E-state index in [1.807, 2.05) is 48.5 Å². The second-order valence-corrected chi connectivity index (χ2v) is 10.5. The molecule has 0 N–H and O–H groups in total. The summed E-state index contributed by atoms with van der Waals surface area (Å²) in [4.78, 5) is 29.0. The number of fused-ring (bicyclic) bond motifs is 9. The zero-order chi connectivity index (χ0) is 23.8. The second-order valence-electron chi connectivity index (χ2n) is 10.5. The van der Waals surface area contributed by atoms with Gasteiger partial charge >= 0.3 is 0 Å². The number of benzene rings is 3. The van der Waals surface area contributed by atoms with Crippen molar-refractivity contribution in [2.45, 2.75) is 37.4 Å². The maximum atomic E-state index is 14.5. The molecule has 174 valence electrons. The van der Waals surface area contributed by atoms with Gasteiger partial charge in [0.15, 0.2) is 0 Å². The number of Topliss-reactive ketones (excluding diaryl/α,β-unsaturated/α-hetero) is 2. The van der Waals surface area contributed by atoms with E-state index >= 15 is 0 Å². The molecule has 2 heterocycles. The predicted molar refractivity (Wildman–Crippen MR) is 134 cm³/mol. The van der Waals surface area contributed by atoms with E-state index in [1.54, 1.807) is 0 Å². The first-order valence-electron chi connectivity index (χ1n) is 12.8. The van der Waals surface area contributed by atoms with E-state index in [2.05, 4.69) is 49.4 Å². The first-order valence-corrected chi connectivity index (χ1v) is 12.8. The Morgan fingerprint density at radius 2 is 1.20 bits per heavy atom. The zero-order valence-electron chi connectivity index (χ0n) is 19.8. The molecule has 0 spiro atoms. The number of carbonyl (C=O) groups is 2. The van der Waals surface area contributed by atoms with E-state index in [1.165, 1.54) is 5.57 Å². The Morgan fingerprint density at radius 3 is 1.71 bits per heavy atom. The average molecular weight is 461 g/mol. The van der Waals surface area contributed by atoms with Gasteiger partial charge in [-0.25, -0.2) is 0 Å². The number of ether oxygens (including phenoxy) is 1. The summed E-state index contributed by atoms with van der Waals surface area (Å²) >= 11 is 0. The first kappa shape index (κ1) is 21.0. The minimum absolute atomic E-state index is 0.196. The molecule has 0 amide bonds. The van der Waals surface area contributed by atoms with Gasteiger partial charge in [0, 0.05) is 11.8 Å². The third-order valence-corrected chi connectivity index (χ3v) is 9.09. The molecule has 4 aliphatic rings. The molecule has 2 fully saturated rings. The third-order valence-electron chi connectivity index (χ3n) is 9.09. The largest absolute Gasteiger partial charge is 0.348 e. The van der Waals surface area contributed by atoms with Crippen LogP contribution >= 0.6 is 0 Å². The monoisotopic (exact) mass is 460 g/mol. The number of allylic oxidation sites excluding steroid dienone is 2. The fourth-order valence-corrected chi connectivity index (χ4v) is 7.64. The standard InChI is InChI=1S/C32H28O3/c1-2-20-17-18-23-24(19-20)30(34)28-27(29(23)33)31(21-11-5-3-6-12-21)25-15-9-10-16-26(25)32(28,35-31)22-13-7-4-8-14-22/h3-17,23-24,27-28H,2,18-19H2,1H3/t23-,24-,27-,28-,31-,32-/m0/s1.